The van der Waals surface area contributed by atoms with Crippen molar-refractivity contribution in [3.05, 3.63) is 46.1 Å². The number of carbonyl (C=O) groups excluding carboxylic acids is 1. The zero-order valence-corrected chi connectivity index (χ0v) is 19.1. The normalized spacial score (nSPS) is 15.2. The number of hydrogen-bond acceptors (Lipinski definition) is 6. The van der Waals surface area contributed by atoms with Crippen molar-refractivity contribution in [3.8, 4) is 17.5 Å². The SMILES string of the molecule is N#Cc1c(NC(=O)CCSc2nnc(-c3ccccc3F)n2C2CC2)sc2c1CCCC2. The predicted octanol–water partition coefficient (Wildman–Crippen LogP) is 5.35. The van der Waals surface area contributed by atoms with Gasteiger partial charge in [0.15, 0.2) is 11.0 Å². The molecule has 9 heteroatoms. The maximum absolute atomic E-state index is 14.3. The number of carbonyl (C=O) groups is 1. The molecule has 0 spiro atoms. The minimum Gasteiger partial charge on any atom is -0.317 e. The second-order valence-corrected chi connectivity index (χ2v) is 10.2. The summed E-state index contributed by atoms with van der Waals surface area (Å²) in [5.41, 5.74) is 2.20. The summed E-state index contributed by atoms with van der Waals surface area (Å²) in [4.78, 5) is 13.8. The molecule has 0 atom stereocenters. The van der Waals surface area contributed by atoms with E-state index in [1.165, 1.54) is 34.0 Å². The molecule has 2 aromatic heterocycles. The standard InChI is InChI=1S/C23H22FN5OS2/c24-18-7-3-1-6-16(18)21-27-28-23(29(21)14-9-10-14)31-12-11-20(30)26-22-17(13-25)15-5-2-4-8-19(15)32-22/h1,3,6-7,14H,2,4-5,8-12H2,(H,26,30). The number of hydrogen-bond donors (Lipinski definition) is 1. The van der Waals surface area contributed by atoms with Crippen molar-refractivity contribution in [2.45, 2.75) is 56.1 Å². The molecule has 2 heterocycles. The summed E-state index contributed by atoms with van der Waals surface area (Å²) < 4.78 is 16.3. The minimum absolute atomic E-state index is 0.112. The lowest BCUT2D eigenvalue weighted by molar-refractivity contribution is -0.115. The van der Waals surface area contributed by atoms with Crippen molar-refractivity contribution in [2.75, 3.05) is 11.1 Å². The predicted molar refractivity (Wildman–Crippen MR) is 123 cm³/mol. The molecule has 0 aliphatic heterocycles. The monoisotopic (exact) mass is 467 g/mol. The average molecular weight is 468 g/mol. The maximum atomic E-state index is 14.3. The molecule has 2 aliphatic carbocycles. The van der Waals surface area contributed by atoms with E-state index in [-0.39, 0.29) is 17.8 Å². The van der Waals surface area contributed by atoms with Crippen LogP contribution in [0.15, 0.2) is 29.4 Å². The first kappa shape index (κ1) is 21.2. The van der Waals surface area contributed by atoms with Gasteiger partial charge in [0, 0.05) is 23.1 Å². The number of rotatable bonds is 7. The molecule has 2 aliphatic rings. The highest BCUT2D eigenvalue weighted by Crippen LogP contribution is 2.41. The molecular formula is C23H22FN5OS2. The van der Waals surface area contributed by atoms with E-state index >= 15 is 0 Å². The molecule has 6 nitrogen and oxygen atoms in total. The first-order valence-electron chi connectivity index (χ1n) is 10.8. The van der Waals surface area contributed by atoms with Crippen LogP contribution in [0.3, 0.4) is 0 Å². The largest absolute Gasteiger partial charge is 0.317 e. The Hall–Kier alpha value is -2.70. The Bertz CT molecular complexity index is 1210. The highest BCUT2D eigenvalue weighted by Gasteiger charge is 2.31. The van der Waals surface area contributed by atoms with E-state index in [0.717, 1.165) is 44.1 Å². The Kier molecular flexibility index (Phi) is 5.98. The number of anilines is 1. The topological polar surface area (TPSA) is 83.6 Å². The number of nitrogens with one attached hydrogen (secondary N) is 1. The Balaban J connectivity index is 1.25. The van der Waals surface area contributed by atoms with Crippen LogP contribution in [0.1, 0.15) is 54.1 Å². The van der Waals surface area contributed by atoms with Crippen LogP contribution in [0.25, 0.3) is 11.4 Å². The minimum atomic E-state index is -0.315. The summed E-state index contributed by atoms with van der Waals surface area (Å²) in [6, 6.07) is 9.16. The molecule has 0 saturated heterocycles. The number of aryl methyl sites for hydroxylation is 1. The van der Waals surface area contributed by atoms with E-state index in [1.54, 1.807) is 18.2 Å². The van der Waals surface area contributed by atoms with Crippen molar-refractivity contribution in [3.63, 3.8) is 0 Å². The lowest BCUT2D eigenvalue weighted by Gasteiger charge is -2.09. The fourth-order valence-corrected chi connectivity index (χ4v) is 6.26. The van der Waals surface area contributed by atoms with E-state index < -0.39 is 0 Å². The van der Waals surface area contributed by atoms with E-state index in [0.29, 0.717) is 39.3 Å². The second-order valence-electron chi connectivity index (χ2n) is 8.06. The fourth-order valence-electron chi connectivity index (χ4n) is 4.06. The first-order valence-corrected chi connectivity index (χ1v) is 12.6. The Morgan fingerprint density at radius 2 is 2.09 bits per heavy atom. The first-order chi connectivity index (χ1) is 15.7. The molecule has 1 amide bonds. The summed E-state index contributed by atoms with van der Waals surface area (Å²) in [5.74, 6) is 0.644. The van der Waals surface area contributed by atoms with Crippen LogP contribution in [0, 0.1) is 17.1 Å². The summed E-state index contributed by atoms with van der Waals surface area (Å²) in [6.07, 6.45) is 6.48. The molecule has 1 fully saturated rings. The number of nitriles is 1. The number of halogens is 1. The molecule has 1 aromatic carbocycles. The number of thiophene rings is 1. The number of benzene rings is 1. The van der Waals surface area contributed by atoms with Gasteiger partial charge in [-0.3, -0.25) is 9.36 Å². The Morgan fingerprint density at radius 1 is 1.28 bits per heavy atom. The molecule has 1 saturated carbocycles. The van der Waals surface area contributed by atoms with Crippen molar-refractivity contribution >= 4 is 34.0 Å². The van der Waals surface area contributed by atoms with E-state index in [2.05, 4.69) is 21.6 Å². The molecule has 3 aromatic rings. The van der Waals surface area contributed by atoms with Gasteiger partial charge >= 0.3 is 0 Å². The van der Waals surface area contributed by atoms with E-state index in [4.69, 9.17) is 0 Å². The number of nitrogens with zero attached hydrogens (tertiary/aromatic N) is 4. The van der Waals surface area contributed by atoms with Crippen molar-refractivity contribution in [1.82, 2.24) is 14.8 Å². The fraction of sp³-hybridized carbons (Fsp3) is 0.391. The van der Waals surface area contributed by atoms with Crippen LogP contribution in [0.2, 0.25) is 0 Å². The molecule has 0 radical (unpaired) electrons. The second kappa shape index (κ2) is 9.04. The van der Waals surface area contributed by atoms with Crippen LogP contribution >= 0.6 is 23.1 Å². The smallest absolute Gasteiger partial charge is 0.225 e. The van der Waals surface area contributed by atoms with Crippen molar-refractivity contribution in [1.29, 1.82) is 5.26 Å². The Morgan fingerprint density at radius 3 is 2.88 bits per heavy atom. The zero-order chi connectivity index (χ0) is 22.1. The van der Waals surface area contributed by atoms with E-state index in [1.807, 2.05) is 4.57 Å². The molecule has 32 heavy (non-hydrogen) atoms. The van der Waals surface area contributed by atoms with Gasteiger partial charge in [-0.25, -0.2) is 4.39 Å². The van der Waals surface area contributed by atoms with Gasteiger partial charge in [-0.15, -0.1) is 21.5 Å². The molecule has 0 bridgehead atoms. The molecule has 1 N–H and O–H groups in total. The lowest BCUT2D eigenvalue weighted by atomic mass is 9.96. The van der Waals surface area contributed by atoms with Gasteiger partial charge in [0.25, 0.3) is 0 Å². The number of fused-ring (bicyclic) bond motifs is 1. The van der Waals surface area contributed by atoms with Crippen LogP contribution in [0.5, 0.6) is 0 Å². The summed E-state index contributed by atoms with van der Waals surface area (Å²) >= 11 is 3.00. The molecule has 5 rings (SSSR count). The number of amides is 1. The third-order valence-corrected chi connectivity index (χ3v) is 7.94. The van der Waals surface area contributed by atoms with Crippen LogP contribution in [0.4, 0.5) is 9.39 Å². The number of thioether (sulfide) groups is 1. The number of aromatic nitrogens is 3. The highest BCUT2D eigenvalue weighted by molar-refractivity contribution is 7.99. The summed E-state index contributed by atoms with van der Waals surface area (Å²) in [7, 11) is 0. The van der Waals surface area contributed by atoms with Crippen molar-refractivity contribution < 1.29 is 9.18 Å². The van der Waals surface area contributed by atoms with E-state index in [9.17, 15) is 14.4 Å². The highest BCUT2D eigenvalue weighted by atomic mass is 32.2. The Labute approximate surface area is 193 Å². The summed E-state index contributed by atoms with van der Waals surface area (Å²) in [6.45, 7) is 0. The zero-order valence-electron chi connectivity index (χ0n) is 17.4. The van der Waals surface area contributed by atoms with Gasteiger partial charge in [0.05, 0.1) is 11.1 Å². The average Bonchev–Trinajstić information content (AvgIpc) is 3.45. The van der Waals surface area contributed by atoms with Crippen LogP contribution < -0.4 is 5.32 Å². The lowest BCUT2D eigenvalue weighted by Crippen LogP contribution is -2.12. The summed E-state index contributed by atoms with van der Waals surface area (Å²) in [5, 5.41) is 22.4. The molecule has 164 valence electrons. The van der Waals surface area contributed by atoms with Gasteiger partial charge in [-0.2, -0.15) is 5.26 Å². The van der Waals surface area contributed by atoms with Gasteiger partial charge < -0.3 is 5.32 Å². The molecule has 0 unspecified atom stereocenters. The van der Waals surface area contributed by atoms with Crippen LogP contribution in [-0.4, -0.2) is 26.4 Å². The third-order valence-electron chi connectivity index (χ3n) is 5.79. The van der Waals surface area contributed by atoms with Gasteiger partial charge in [0.1, 0.15) is 16.9 Å². The quantitative estimate of drug-likeness (QED) is 0.474. The van der Waals surface area contributed by atoms with Gasteiger partial charge in [-0.05, 0) is 56.2 Å². The maximum Gasteiger partial charge on any atom is 0.225 e. The van der Waals surface area contributed by atoms with Crippen molar-refractivity contribution in [2.24, 2.45) is 0 Å². The van der Waals surface area contributed by atoms with Gasteiger partial charge in [0.2, 0.25) is 5.91 Å². The third kappa shape index (κ3) is 4.17. The van der Waals surface area contributed by atoms with Gasteiger partial charge in [-0.1, -0.05) is 23.9 Å². The molecular weight excluding hydrogens is 445 g/mol. The van der Waals surface area contributed by atoms with Crippen LogP contribution in [-0.2, 0) is 17.6 Å².